The van der Waals surface area contributed by atoms with Crippen molar-refractivity contribution in [3.05, 3.63) is 77.7 Å². The number of ether oxygens (including phenoxy) is 2. The van der Waals surface area contributed by atoms with E-state index >= 15 is 0 Å². The number of amides is 2. The van der Waals surface area contributed by atoms with E-state index in [1.54, 1.807) is 56.2 Å². The Kier molecular flexibility index (Phi) is 7.00. The Labute approximate surface area is 205 Å². The van der Waals surface area contributed by atoms with E-state index in [4.69, 9.17) is 9.47 Å². The molecule has 0 aliphatic carbocycles. The molecular formula is C27H30N4O4. The number of aryl methyl sites for hydroxylation is 1. The molecule has 3 aromatic rings. The molecule has 1 aromatic heterocycles. The minimum atomic E-state index is -1.04. The van der Waals surface area contributed by atoms with Gasteiger partial charge in [0.1, 0.15) is 22.9 Å². The first-order valence-electron chi connectivity index (χ1n) is 11.6. The highest BCUT2D eigenvalue weighted by atomic mass is 16.5. The number of benzene rings is 2. The summed E-state index contributed by atoms with van der Waals surface area (Å²) in [7, 11) is 1.61. The van der Waals surface area contributed by atoms with Crippen molar-refractivity contribution < 1.29 is 19.1 Å². The fraction of sp³-hybridized carbons (Fsp3) is 0.333. The summed E-state index contributed by atoms with van der Waals surface area (Å²) in [4.78, 5) is 36.9. The molecule has 1 N–H and O–H groups in total. The van der Waals surface area contributed by atoms with Crippen LogP contribution in [0.15, 0.2) is 60.7 Å². The molecule has 1 aliphatic rings. The summed E-state index contributed by atoms with van der Waals surface area (Å²) in [6.45, 7) is 6.40. The highest BCUT2D eigenvalue weighted by Gasteiger charge is 2.38. The van der Waals surface area contributed by atoms with Crippen LogP contribution in [0.4, 0.5) is 0 Å². The van der Waals surface area contributed by atoms with Gasteiger partial charge in [0.15, 0.2) is 0 Å². The Bertz CT molecular complexity index is 1200. The number of hydrogen-bond donors (Lipinski definition) is 1. The van der Waals surface area contributed by atoms with Gasteiger partial charge in [0.2, 0.25) is 11.8 Å². The van der Waals surface area contributed by atoms with E-state index in [1.165, 1.54) is 0 Å². The zero-order valence-electron chi connectivity index (χ0n) is 20.4. The third-order valence-electron chi connectivity index (χ3n) is 5.97. The van der Waals surface area contributed by atoms with Crippen molar-refractivity contribution >= 4 is 11.8 Å². The molecule has 8 heteroatoms. The lowest BCUT2D eigenvalue weighted by molar-refractivity contribution is -0.135. The van der Waals surface area contributed by atoms with Crippen molar-refractivity contribution in [2.45, 2.75) is 38.6 Å². The SMILES string of the molecule is COc1ccc(Oc2cc(C)nc(C3CCN(C(=O)C(C)(C)NC(=O)c4ccccc4)C3)n2)cc1. The molecule has 1 aliphatic heterocycles. The first-order chi connectivity index (χ1) is 16.7. The number of rotatable bonds is 7. The van der Waals surface area contributed by atoms with Crippen molar-refractivity contribution in [2.24, 2.45) is 0 Å². The molecule has 182 valence electrons. The lowest BCUT2D eigenvalue weighted by Crippen LogP contribution is -2.55. The molecule has 2 amide bonds. The molecule has 1 unspecified atom stereocenters. The molecule has 0 radical (unpaired) electrons. The van der Waals surface area contributed by atoms with Gasteiger partial charge in [-0.2, -0.15) is 4.98 Å². The first-order valence-corrected chi connectivity index (χ1v) is 11.6. The summed E-state index contributed by atoms with van der Waals surface area (Å²) in [5.41, 5.74) is 0.265. The molecule has 35 heavy (non-hydrogen) atoms. The molecule has 2 heterocycles. The minimum absolute atomic E-state index is 0.0160. The van der Waals surface area contributed by atoms with Crippen molar-refractivity contribution in [2.75, 3.05) is 20.2 Å². The smallest absolute Gasteiger partial charge is 0.252 e. The summed E-state index contributed by atoms with van der Waals surface area (Å²) in [5, 5.41) is 2.87. The fourth-order valence-corrected chi connectivity index (χ4v) is 4.11. The summed E-state index contributed by atoms with van der Waals surface area (Å²) < 4.78 is 11.1. The Hall–Kier alpha value is -3.94. The van der Waals surface area contributed by atoms with Crippen molar-refractivity contribution in [3.8, 4) is 17.4 Å². The van der Waals surface area contributed by atoms with Crippen LogP contribution in [0.2, 0.25) is 0 Å². The molecule has 0 spiro atoms. The normalized spacial score (nSPS) is 15.5. The van der Waals surface area contributed by atoms with E-state index < -0.39 is 5.54 Å². The molecule has 8 nitrogen and oxygen atoms in total. The predicted octanol–water partition coefficient (Wildman–Crippen LogP) is 4.11. The van der Waals surface area contributed by atoms with Gasteiger partial charge in [-0.15, -0.1) is 0 Å². The summed E-state index contributed by atoms with van der Waals surface area (Å²) in [5.74, 6) is 2.07. The maximum atomic E-state index is 13.3. The second-order valence-electron chi connectivity index (χ2n) is 9.17. The molecule has 0 bridgehead atoms. The standard InChI is InChI=1S/C27H30N4O4/c1-18-16-23(35-22-12-10-21(34-4)11-13-22)29-24(28-18)20-14-15-31(17-20)26(33)27(2,3)30-25(32)19-8-6-5-7-9-19/h5-13,16,20H,14-15,17H2,1-4H3,(H,30,32). The highest BCUT2D eigenvalue weighted by molar-refractivity contribution is 5.99. The Morgan fingerprint density at radius 2 is 1.71 bits per heavy atom. The van der Waals surface area contributed by atoms with Gasteiger partial charge in [-0.05, 0) is 63.6 Å². The summed E-state index contributed by atoms with van der Waals surface area (Å²) in [6, 6.07) is 17.9. The second-order valence-corrected chi connectivity index (χ2v) is 9.17. The van der Waals surface area contributed by atoms with E-state index in [2.05, 4.69) is 15.3 Å². The second kappa shape index (κ2) is 10.1. The third kappa shape index (κ3) is 5.77. The number of carbonyl (C=O) groups excluding carboxylic acids is 2. The van der Waals surface area contributed by atoms with Crippen molar-refractivity contribution in [3.63, 3.8) is 0 Å². The fourth-order valence-electron chi connectivity index (χ4n) is 4.11. The van der Waals surface area contributed by atoms with Crippen LogP contribution in [0.25, 0.3) is 0 Å². The third-order valence-corrected chi connectivity index (χ3v) is 5.97. The van der Waals surface area contributed by atoms with Gasteiger partial charge in [0, 0.05) is 36.3 Å². The van der Waals surface area contributed by atoms with Crippen LogP contribution < -0.4 is 14.8 Å². The molecule has 1 atom stereocenters. The van der Waals surface area contributed by atoms with Crippen LogP contribution in [0.3, 0.4) is 0 Å². The molecule has 1 fully saturated rings. The number of nitrogens with zero attached hydrogens (tertiary/aromatic N) is 3. The maximum absolute atomic E-state index is 13.3. The van der Waals surface area contributed by atoms with Crippen LogP contribution in [0.1, 0.15) is 48.1 Å². The average Bonchev–Trinajstić information content (AvgIpc) is 3.34. The van der Waals surface area contributed by atoms with Crippen molar-refractivity contribution in [1.82, 2.24) is 20.2 Å². The number of hydrogen-bond acceptors (Lipinski definition) is 6. The molecule has 4 rings (SSSR count). The van der Waals surface area contributed by atoms with Gasteiger partial charge in [0.25, 0.3) is 5.91 Å². The van der Waals surface area contributed by atoms with E-state index in [0.29, 0.717) is 36.1 Å². The predicted molar refractivity (Wildman–Crippen MR) is 132 cm³/mol. The Morgan fingerprint density at radius 3 is 2.40 bits per heavy atom. The number of methoxy groups -OCH3 is 1. The van der Waals surface area contributed by atoms with Crippen molar-refractivity contribution in [1.29, 1.82) is 0 Å². The summed E-state index contributed by atoms with van der Waals surface area (Å²) in [6.07, 6.45) is 0.736. The topological polar surface area (TPSA) is 93.7 Å². The van der Waals surface area contributed by atoms with Crippen LogP contribution >= 0.6 is 0 Å². The Balaban J connectivity index is 1.42. The monoisotopic (exact) mass is 474 g/mol. The van der Waals surface area contributed by atoms with E-state index in [9.17, 15) is 9.59 Å². The number of likely N-dealkylation sites (tertiary alicyclic amines) is 1. The quantitative estimate of drug-likeness (QED) is 0.554. The van der Waals surface area contributed by atoms with Gasteiger partial charge in [-0.25, -0.2) is 4.98 Å². The lowest BCUT2D eigenvalue weighted by atomic mass is 10.0. The number of carbonyl (C=O) groups is 2. The van der Waals surface area contributed by atoms with E-state index in [-0.39, 0.29) is 17.7 Å². The maximum Gasteiger partial charge on any atom is 0.252 e. The number of aromatic nitrogens is 2. The van der Waals surface area contributed by atoms with Gasteiger partial charge < -0.3 is 19.7 Å². The summed E-state index contributed by atoms with van der Waals surface area (Å²) >= 11 is 0. The number of nitrogens with one attached hydrogen (secondary N) is 1. The van der Waals surface area contributed by atoms with E-state index in [0.717, 1.165) is 17.9 Å². The van der Waals surface area contributed by atoms with E-state index in [1.807, 2.05) is 37.3 Å². The highest BCUT2D eigenvalue weighted by Crippen LogP contribution is 2.29. The van der Waals surface area contributed by atoms with Crippen LogP contribution in [-0.4, -0.2) is 52.4 Å². The van der Waals surface area contributed by atoms with Gasteiger partial charge >= 0.3 is 0 Å². The molecule has 1 saturated heterocycles. The minimum Gasteiger partial charge on any atom is -0.497 e. The lowest BCUT2D eigenvalue weighted by Gasteiger charge is -2.30. The molecule has 0 saturated carbocycles. The average molecular weight is 475 g/mol. The zero-order valence-corrected chi connectivity index (χ0v) is 20.4. The largest absolute Gasteiger partial charge is 0.497 e. The van der Waals surface area contributed by atoms with Crippen LogP contribution in [0.5, 0.6) is 17.4 Å². The van der Waals surface area contributed by atoms with Gasteiger partial charge in [-0.3, -0.25) is 9.59 Å². The van der Waals surface area contributed by atoms with Gasteiger partial charge in [-0.1, -0.05) is 18.2 Å². The Morgan fingerprint density at radius 1 is 1.03 bits per heavy atom. The molecular weight excluding hydrogens is 444 g/mol. The first kappa shape index (κ1) is 24.2. The van der Waals surface area contributed by atoms with Crippen LogP contribution in [0, 0.1) is 6.92 Å². The zero-order chi connectivity index (χ0) is 25.0. The molecule has 2 aromatic carbocycles. The van der Waals surface area contributed by atoms with Gasteiger partial charge in [0.05, 0.1) is 7.11 Å². The van der Waals surface area contributed by atoms with Crippen LogP contribution in [-0.2, 0) is 4.79 Å².